The van der Waals surface area contributed by atoms with Gasteiger partial charge in [0.25, 0.3) is 5.91 Å². The average Bonchev–Trinajstić information content (AvgIpc) is 2.89. The van der Waals surface area contributed by atoms with Gasteiger partial charge in [-0.2, -0.15) is 5.10 Å². The van der Waals surface area contributed by atoms with Crippen molar-refractivity contribution in [2.24, 2.45) is 13.0 Å². The minimum absolute atomic E-state index is 0.142. The number of rotatable bonds is 4. The standard InChI is InChI=1S/C15H18N4O2/c1-19-9-11(8-17-19)14(10-6-12(20)7-10)18-15(21)13-4-2-3-5-16-13/h2-5,8-10,12,14,20H,6-7H2,1H3,(H,18,21)/t10?,12?,14-/m0/s1. The summed E-state index contributed by atoms with van der Waals surface area (Å²) in [7, 11) is 1.84. The van der Waals surface area contributed by atoms with Crippen LogP contribution in [-0.4, -0.2) is 31.9 Å². The second kappa shape index (κ2) is 5.65. The zero-order valence-electron chi connectivity index (χ0n) is 11.8. The van der Waals surface area contributed by atoms with Gasteiger partial charge in [-0.15, -0.1) is 0 Å². The molecule has 3 rings (SSSR count). The third-order valence-corrected chi connectivity index (χ3v) is 3.89. The largest absolute Gasteiger partial charge is 0.393 e. The van der Waals surface area contributed by atoms with Crippen molar-refractivity contribution < 1.29 is 9.90 Å². The normalized spacial score (nSPS) is 22.4. The maximum absolute atomic E-state index is 12.3. The lowest BCUT2D eigenvalue weighted by Crippen LogP contribution is -2.41. The van der Waals surface area contributed by atoms with Crippen LogP contribution < -0.4 is 5.32 Å². The number of nitrogens with zero attached hydrogens (tertiary/aromatic N) is 3. The summed E-state index contributed by atoms with van der Waals surface area (Å²) in [6, 6.07) is 5.11. The van der Waals surface area contributed by atoms with E-state index in [0.717, 1.165) is 5.56 Å². The first-order valence-electron chi connectivity index (χ1n) is 7.02. The van der Waals surface area contributed by atoms with Gasteiger partial charge in [0.05, 0.1) is 18.3 Å². The topological polar surface area (TPSA) is 80.0 Å². The zero-order valence-corrected chi connectivity index (χ0v) is 11.8. The number of pyridine rings is 1. The summed E-state index contributed by atoms with van der Waals surface area (Å²) in [4.78, 5) is 16.4. The Hall–Kier alpha value is -2.21. The molecule has 1 fully saturated rings. The Bertz CT molecular complexity index is 620. The van der Waals surface area contributed by atoms with Gasteiger partial charge in [-0.1, -0.05) is 6.07 Å². The van der Waals surface area contributed by atoms with Crippen LogP contribution in [0.3, 0.4) is 0 Å². The number of aliphatic hydroxyl groups is 1. The molecule has 0 spiro atoms. The van der Waals surface area contributed by atoms with Gasteiger partial charge in [0.1, 0.15) is 5.69 Å². The maximum atomic E-state index is 12.3. The molecule has 1 atom stereocenters. The Morgan fingerprint density at radius 2 is 2.29 bits per heavy atom. The Morgan fingerprint density at radius 1 is 1.48 bits per heavy atom. The van der Waals surface area contributed by atoms with Crippen LogP contribution in [0.2, 0.25) is 0 Å². The van der Waals surface area contributed by atoms with Gasteiger partial charge in [-0.3, -0.25) is 14.5 Å². The number of aromatic nitrogens is 3. The fourth-order valence-electron chi connectivity index (χ4n) is 2.69. The molecule has 6 heteroatoms. The molecule has 0 bridgehead atoms. The van der Waals surface area contributed by atoms with Crippen molar-refractivity contribution >= 4 is 5.91 Å². The van der Waals surface area contributed by atoms with Crippen molar-refractivity contribution in [1.29, 1.82) is 0 Å². The number of carbonyl (C=O) groups is 1. The van der Waals surface area contributed by atoms with E-state index in [1.54, 1.807) is 35.3 Å². The lowest BCUT2D eigenvalue weighted by Gasteiger charge is -2.37. The predicted octanol–water partition coefficient (Wildman–Crippen LogP) is 1.06. The van der Waals surface area contributed by atoms with Gasteiger partial charge in [-0.05, 0) is 30.9 Å². The summed E-state index contributed by atoms with van der Waals surface area (Å²) in [6.45, 7) is 0. The predicted molar refractivity (Wildman–Crippen MR) is 76.4 cm³/mol. The highest BCUT2D eigenvalue weighted by Gasteiger charge is 2.36. The molecule has 0 radical (unpaired) electrons. The van der Waals surface area contributed by atoms with Gasteiger partial charge in [0.2, 0.25) is 0 Å². The molecule has 0 unspecified atom stereocenters. The molecule has 1 aliphatic rings. The third-order valence-electron chi connectivity index (χ3n) is 3.89. The van der Waals surface area contributed by atoms with Gasteiger partial charge in [0.15, 0.2) is 0 Å². The first-order chi connectivity index (χ1) is 10.1. The third kappa shape index (κ3) is 2.95. The van der Waals surface area contributed by atoms with E-state index in [1.807, 2.05) is 13.2 Å². The molecule has 0 aromatic carbocycles. The highest BCUT2D eigenvalue weighted by atomic mass is 16.3. The molecule has 2 heterocycles. The van der Waals surface area contributed by atoms with E-state index in [1.165, 1.54) is 0 Å². The molecule has 1 saturated carbocycles. The summed E-state index contributed by atoms with van der Waals surface area (Å²) >= 11 is 0. The Kier molecular flexibility index (Phi) is 3.70. The van der Waals surface area contributed by atoms with Crippen molar-refractivity contribution in [3.8, 4) is 0 Å². The molecular weight excluding hydrogens is 268 g/mol. The van der Waals surface area contributed by atoms with Gasteiger partial charge in [-0.25, -0.2) is 0 Å². The maximum Gasteiger partial charge on any atom is 0.270 e. The molecule has 1 amide bonds. The van der Waals surface area contributed by atoms with Crippen molar-refractivity contribution in [1.82, 2.24) is 20.1 Å². The summed E-state index contributed by atoms with van der Waals surface area (Å²) in [6.07, 6.45) is 6.38. The Labute approximate surface area is 122 Å². The number of hydrogen-bond acceptors (Lipinski definition) is 4. The fourth-order valence-corrected chi connectivity index (χ4v) is 2.69. The highest BCUT2D eigenvalue weighted by molar-refractivity contribution is 5.92. The SMILES string of the molecule is Cn1cc([C@@H](NC(=O)c2ccccn2)C2CC(O)C2)cn1. The number of nitrogens with one attached hydrogen (secondary N) is 1. The first-order valence-corrected chi connectivity index (χ1v) is 7.02. The first kappa shape index (κ1) is 13.8. The van der Waals surface area contributed by atoms with Gasteiger partial charge >= 0.3 is 0 Å². The van der Waals surface area contributed by atoms with Crippen LogP contribution in [0.5, 0.6) is 0 Å². The van der Waals surface area contributed by atoms with Crippen LogP contribution in [0.1, 0.15) is 34.9 Å². The molecule has 1 aliphatic carbocycles. The number of hydrogen-bond donors (Lipinski definition) is 2. The molecule has 2 aromatic rings. The number of amides is 1. The monoisotopic (exact) mass is 286 g/mol. The van der Waals surface area contributed by atoms with Gasteiger partial charge in [0, 0.05) is 25.0 Å². The average molecular weight is 286 g/mol. The summed E-state index contributed by atoms with van der Waals surface area (Å²) in [5.74, 6) is 0.0303. The molecule has 0 saturated heterocycles. The van der Waals surface area contributed by atoms with E-state index in [-0.39, 0.29) is 24.0 Å². The van der Waals surface area contributed by atoms with E-state index < -0.39 is 0 Å². The molecule has 110 valence electrons. The lowest BCUT2D eigenvalue weighted by molar-refractivity contribution is 0.0234. The molecular formula is C15H18N4O2. The van der Waals surface area contributed by atoms with Crippen molar-refractivity contribution in [2.45, 2.75) is 25.0 Å². The molecule has 21 heavy (non-hydrogen) atoms. The van der Waals surface area contributed by atoms with E-state index >= 15 is 0 Å². The highest BCUT2D eigenvalue weighted by Crippen LogP contribution is 2.38. The van der Waals surface area contributed by atoms with Crippen LogP contribution in [0, 0.1) is 5.92 Å². The number of aryl methyl sites for hydroxylation is 1. The molecule has 2 aromatic heterocycles. The van der Waals surface area contributed by atoms with Crippen molar-refractivity contribution in [3.05, 3.63) is 48.0 Å². The zero-order chi connectivity index (χ0) is 14.8. The second-order valence-electron chi connectivity index (χ2n) is 5.50. The Balaban J connectivity index is 1.78. The van der Waals surface area contributed by atoms with E-state index in [2.05, 4.69) is 15.4 Å². The summed E-state index contributed by atoms with van der Waals surface area (Å²) < 4.78 is 1.71. The van der Waals surface area contributed by atoms with Crippen LogP contribution in [-0.2, 0) is 7.05 Å². The van der Waals surface area contributed by atoms with Crippen LogP contribution in [0.25, 0.3) is 0 Å². The molecule has 6 nitrogen and oxygen atoms in total. The fraction of sp³-hybridized carbons (Fsp3) is 0.400. The summed E-state index contributed by atoms with van der Waals surface area (Å²) in [5, 5.41) is 16.7. The number of aliphatic hydroxyl groups excluding tert-OH is 1. The van der Waals surface area contributed by atoms with Crippen LogP contribution in [0.15, 0.2) is 36.8 Å². The van der Waals surface area contributed by atoms with E-state index in [0.29, 0.717) is 18.5 Å². The minimum Gasteiger partial charge on any atom is -0.393 e. The quantitative estimate of drug-likeness (QED) is 0.880. The molecule has 0 aliphatic heterocycles. The van der Waals surface area contributed by atoms with Gasteiger partial charge < -0.3 is 10.4 Å². The summed E-state index contributed by atoms with van der Waals surface area (Å²) in [5.41, 5.74) is 1.35. The minimum atomic E-state index is -0.263. The van der Waals surface area contributed by atoms with Crippen molar-refractivity contribution in [2.75, 3.05) is 0 Å². The smallest absolute Gasteiger partial charge is 0.270 e. The van der Waals surface area contributed by atoms with Crippen molar-refractivity contribution in [3.63, 3.8) is 0 Å². The van der Waals surface area contributed by atoms with E-state index in [9.17, 15) is 9.90 Å². The second-order valence-corrected chi connectivity index (χ2v) is 5.50. The van der Waals surface area contributed by atoms with E-state index in [4.69, 9.17) is 0 Å². The lowest BCUT2D eigenvalue weighted by atomic mass is 9.75. The molecule has 2 N–H and O–H groups in total. The van der Waals surface area contributed by atoms with Crippen LogP contribution in [0.4, 0.5) is 0 Å². The number of carbonyl (C=O) groups excluding carboxylic acids is 1. The van der Waals surface area contributed by atoms with Crippen LogP contribution >= 0.6 is 0 Å². The Morgan fingerprint density at radius 3 is 2.86 bits per heavy atom.